The molecule has 0 fully saturated rings. The molecule has 1 amide bonds. The van der Waals surface area contributed by atoms with Crippen molar-refractivity contribution in [2.24, 2.45) is 0 Å². The number of amides is 1. The first-order valence-corrected chi connectivity index (χ1v) is 7.48. The molecular formula is C16H16BrFN2O. The number of carbonyl (C=O) groups excluding carboxylic acids is 1. The van der Waals surface area contributed by atoms with Crippen molar-refractivity contribution in [2.75, 3.05) is 6.54 Å². The third-order valence-corrected chi connectivity index (χ3v) is 3.81. The molecule has 0 aliphatic heterocycles. The minimum Gasteiger partial charge on any atom is -0.333 e. The van der Waals surface area contributed by atoms with Crippen molar-refractivity contribution in [3.8, 4) is 0 Å². The summed E-state index contributed by atoms with van der Waals surface area (Å²) in [6, 6.07) is 10.2. The van der Waals surface area contributed by atoms with E-state index in [1.165, 1.54) is 6.07 Å². The summed E-state index contributed by atoms with van der Waals surface area (Å²) in [6.45, 7) is 4.60. The Morgan fingerprint density at radius 1 is 1.29 bits per heavy atom. The summed E-state index contributed by atoms with van der Waals surface area (Å²) in [5, 5.41) is 0. The van der Waals surface area contributed by atoms with Crippen LogP contribution in [0.25, 0.3) is 0 Å². The molecule has 2 rings (SSSR count). The van der Waals surface area contributed by atoms with Crippen molar-refractivity contribution in [1.29, 1.82) is 0 Å². The second kappa shape index (κ2) is 6.80. The molecule has 0 bridgehead atoms. The van der Waals surface area contributed by atoms with Crippen LogP contribution in [0.5, 0.6) is 0 Å². The predicted molar refractivity (Wildman–Crippen MR) is 83.5 cm³/mol. The maximum Gasteiger partial charge on any atom is 0.258 e. The highest BCUT2D eigenvalue weighted by molar-refractivity contribution is 9.10. The van der Waals surface area contributed by atoms with Gasteiger partial charge in [-0.25, -0.2) is 4.39 Å². The molecule has 1 aromatic heterocycles. The summed E-state index contributed by atoms with van der Waals surface area (Å²) in [5.74, 6) is -0.865. The zero-order valence-corrected chi connectivity index (χ0v) is 13.5. The Bertz CT molecular complexity index is 640. The smallest absolute Gasteiger partial charge is 0.258 e. The van der Waals surface area contributed by atoms with E-state index in [1.54, 1.807) is 17.0 Å². The Balaban J connectivity index is 2.27. The molecule has 1 aromatic carbocycles. The van der Waals surface area contributed by atoms with Crippen LogP contribution in [-0.2, 0) is 6.54 Å². The summed E-state index contributed by atoms with van der Waals surface area (Å²) < 4.78 is 14.4. The lowest BCUT2D eigenvalue weighted by atomic mass is 10.1. The Morgan fingerprint density at radius 3 is 2.62 bits per heavy atom. The zero-order valence-electron chi connectivity index (χ0n) is 11.9. The molecule has 0 spiro atoms. The summed E-state index contributed by atoms with van der Waals surface area (Å²) in [6.07, 6.45) is 0. The highest BCUT2D eigenvalue weighted by Crippen LogP contribution is 2.22. The number of pyridine rings is 1. The lowest BCUT2D eigenvalue weighted by Gasteiger charge is -2.21. The zero-order chi connectivity index (χ0) is 15.4. The van der Waals surface area contributed by atoms with Gasteiger partial charge in [-0.2, -0.15) is 0 Å². The Kier molecular flexibility index (Phi) is 5.07. The fourth-order valence-corrected chi connectivity index (χ4v) is 2.58. The van der Waals surface area contributed by atoms with Crippen LogP contribution in [-0.4, -0.2) is 22.3 Å². The highest BCUT2D eigenvalue weighted by Gasteiger charge is 2.21. The number of benzene rings is 1. The minimum absolute atomic E-state index is 0.0620. The van der Waals surface area contributed by atoms with Gasteiger partial charge in [0.2, 0.25) is 0 Å². The maximum absolute atomic E-state index is 13.9. The normalized spacial score (nSPS) is 10.5. The molecule has 0 N–H and O–H groups in total. The van der Waals surface area contributed by atoms with Crippen LogP contribution in [0.3, 0.4) is 0 Å². The van der Waals surface area contributed by atoms with Gasteiger partial charge in [0.25, 0.3) is 5.91 Å². The van der Waals surface area contributed by atoms with Crippen LogP contribution < -0.4 is 0 Å². The minimum atomic E-state index is -0.523. The molecule has 0 saturated carbocycles. The molecule has 0 saturated heterocycles. The van der Waals surface area contributed by atoms with Gasteiger partial charge in [0.1, 0.15) is 5.82 Å². The molecule has 3 nitrogen and oxygen atoms in total. The largest absolute Gasteiger partial charge is 0.333 e. The molecule has 0 unspecified atom stereocenters. The second-order valence-electron chi connectivity index (χ2n) is 4.69. The monoisotopic (exact) mass is 350 g/mol. The molecule has 0 radical (unpaired) electrons. The Morgan fingerprint density at radius 2 is 2.00 bits per heavy atom. The van der Waals surface area contributed by atoms with E-state index in [2.05, 4.69) is 20.9 Å². The van der Waals surface area contributed by atoms with E-state index in [-0.39, 0.29) is 11.5 Å². The molecule has 21 heavy (non-hydrogen) atoms. The van der Waals surface area contributed by atoms with Gasteiger partial charge >= 0.3 is 0 Å². The summed E-state index contributed by atoms with van der Waals surface area (Å²) in [4.78, 5) is 18.5. The second-order valence-corrected chi connectivity index (χ2v) is 5.54. The molecule has 1 heterocycles. The summed E-state index contributed by atoms with van der Waals surface area (Å²) in [7, 11) is 0. The third-order valence-electron chi connectivity index (χ3n) is 3.14. The number of hydrogen-bond donors (Lipinski definition) is 0. The van der Waals surface area contributed by atoms with Gasteiger partial charge in [-0.05, 0) is 54.0 Å². The number of carbonyl (C=O) groups is 1. The van der Waals surface area contributed by atoms with E-state index in [9.17, 15) is 9.18 Å². The van der Waals surface area contributed by atoms with Crippen LogP contribution in [0.2, 0.25) is 0 Å². The molecule has 110 valence electrons. The average Bonchev–Trinajstić information content (AvgIpc) is 2.44. The first-order valence-electron chi connectivity index (χ1n) is 6.68. The van der Waals surface area contributed by atoms with Gasteiger partial charge in [-0.15, -0.1) is 0 Å². The van der Waals surface area contributed by atoms with E-state index in [0.717, 1.165) is 11.4 Å². The van der Waals surface area contributed by atoms with Gasteiger partial charge in [-0.1, -0.05) is 12.1 Å². The Labute approximate surface area is 131 Å². The van der Waals surface area contributed by atoms with Gasteiger partial charge in [0, 0.05) is 16.7 Å². The summed E-state index contributed by atoms with van der Waals surface area (Å²) in [5.41, 5.74) is 1.74. The molecule has 0 aliphatic carbocycles. The summed E-state index contributed by atoms with van der Waals surface area (Å²) >= 11 is 3.24. The average molecular weight is 351 g/mol. The molecule has 0 atom stereocenters. The SMILES string of the molecule is CCN(Cc1cccc(C)n1)C(=O)c1c(F)cccc1Br. The van der Waals surface area contributed by atoms with Gasteiger partial charge < -0.3 is 4.90 Å². The van der Waals surface area contributed by atoms with Crippen LogP contribution in [0.4, 0.5) is 4.39 Å². The topological polar surface area (TPSA) is 33.2 Å². The van der Waals surface area contributed by atoms with Crippen LogP contribution in [0.15, 0.2) is 40.9 Å². The van der Waals surface area contributed by atoms with Crippen molar-refractivity contribution in [2.45, 2.75) is 20.4 Å². The van der Waals surface area contributed by atoms with Crippen LogP contribution >= 0.6 is 15.9 Å². The van der Waals surface area contributed by atoms with Crippen molar-refractivity contribution in [1.82, 2.24) is 9.88 Å². The number of nitrogens with zero attached hydrogens (tertiary/aromatic N) is 2. The van der Waals surface area contributed by atoms with Gasteiger partial charge in [-0.3, -0.25) is 9.78 Å². The fourth-order valence-electron chi connectivity index (χ4n) is 2.07. The maximum atomic E-state index is 13.9. The number of aryl methyl sites for hydroxylation is 1. The van der Waals surface area contributed by atoms with Crippen LogP contribution in [0.1, 0.15) is 28.7 Å². The number of rotatable bonds is 4. The van der Waals surface area contributed by atoms with E-state index in [1.807, 2.05) is 32.0 Å². The molecule has 2 aromatic rings. The molecular weight excluding hydrogens is 335 g/mol. The number of hydrogen-bond acceptors (Lipinski definition) is 2. The standard InChI is InChI=1S/C16H16BrFN2O/c1-3-20(10-12-7-4-6-11(2)19-12)16(21)15-13(17)8-5-9-14(15)18/h4-9H,3,10H2,1-2H3. The highest BCUT2D eigenvalue weighted by atomic mass is 79.9. The first-order chi connectivity index (χ1) is 10.0. The van der Waals surface area contributed by atoms with Gasteiger partial charge in [0.05, 0.1) is 17.8 Å². The van der Waals surface area contributed by atoms with Crippen molar-refractivity contribution in [3.05, 3.63) is 63.6 Å². The predicted octanol–water partition coefficient (Wildman–Crippen LogP) is 3.95. The van der Waals surface area contributed by atoms with Crippen molar-refractivity contribution >= 4 is 21.8 Å². The lowest BCUT2D eigenvalue weighted by molar-refractivity contribution is 0.0745. The van der Waals surface area contributed by atoms with E-state index in [0.29, 0.717) is 17.6 Å². The molecule has 0 aliphatic rings. The third kappa shape index (κ3) is 3.67. The molecule has 5 heteroatoms. The number of aromatic nitrogens is 1. The van der Waals surface area contributed by atoms with Crippen LogP contribution in [0, 0.1) is 12.7 Å². The van der Waals surface area contributed by atoms with Gasteiger partial charge in [0.15, 0.2) is 0 Å². The van der Waals surface area contributed by atoms with E-state index < -0.39 is 5.82 Å². The lowest BCUT2D eigenvalue weighted by Crippen LogP contribution is -2.31. The quantitative estimate of drug-likeness (QED) is 0.836. The fraction of sp³-hybridized carbons (Fsp3) is 0.250. The van der Waals surface area contributed by atoms with Crippen molar-refractivity contribution in [3.63, 3.8) is 0 Å². The van der Waals surface area contributed by atoms with E-state index >= 15 is 0 Å². The van der Waals surface area contributed by atoms with Crippen molar-refractivity contribution < 1.29 is 9.18 Å². The Hall–Kier alpha value is -1.75. The van der Waals surface area contributed by atoms with E-state index in [4.69, 9.17) is 0 Å². The number of halogens is 2. The first kappa shape index (κ1) is 15.6.